The van der Waals surface area contributed by atoms with Crippen LogP contribution >= 0.6 is 6.42 Å². The first-order valence-corrected chi connectivity index (χ1v) is 12.0. The number of rotatable bonds is 4. The van der Waals surface area contributed by atoms with Gasteiger partial charge in [-0.05, 0) is 55.8 Å². The molecule has 4 rings (SSSR count). The first-order valence-electron chi connectivity index (χ1n) is 9.37. The number of halogens is 1. The fourth-order valence-corrected chi connectivity index (χ4v) is 7.54. The Morgan fingerprint density at radius 2 is 1.96 bits per heavy atom. The van der Waals surface area contributed by atoms with Gasteiger partial charge in [0, 0.05) is 18.7 Å². The van der Waals surface area contributed by atoms with Gasteiger partial charge in [0.25, 0.3) is 0 Å². The molecule has 0 radical (unpaired) electrons. The normalized spacial score (nSPS) is 22.1. The zero-order chi connectivity index (χ0) is 19.7. The molecule has 0 aliphatic carbocycles. The average molecular weight is 417 g/mol. The van der Waals surface area contributed by atoms with Crippen molar-refractivity contribution < 1.29 is 8.91 Å². The fourth-order valence-electron chi connectivity index (χ4n) is 3.64. The van der Waals surface area contributed by atoms with Gasteiger partial charge in [-0.1, -0.05) is 6.42 Å². The molecule has 0 unspecified atom stereocenters. The molecule has 0 bridgehead atoms. The molecule has 6 nitrogen and oxygen atoms in total. The topological polar surface area (TPSA) is 66.4 Å². The maximum absolute atomic E-state index is 13.4. The third kappa shape index (κ3) is 3.39. The largest absolute Gasteiger partial charge is 0.431 e. The highest BCUT2D eigenvalue weighted by molar-refractivity contribution is 8.15. The molecule has 1 atom stereocenters. The zero-order valence-corrected chi connectivity index (χ0v) is 17.3. The maximum Gasteiger partial charge on any atom is 0.227 e. The minimum atomic E-state index is -2.59. The minimum absolute atomic E-state index is 0.314. The SMILES string of the molecule is Cc1nn(CCC#N)c2c1[P@@](=S)(N1CCCCC1)OC(c1ccc(F)cc1)=N2. The summed E-state index contributed by atoms with van der Waals surface area (Å²) in [6.07, 6.45) is 1.11. The Kier molecular flexibility index (Phi) is 5.33. The van der Waals surface area contributed by atoms with Crippen molar-refractivity contribution in [2.45, 2.75) is 39.2 Å². The van der Waals surface area contributed by atoms with Crippen molar-refractivity contribution >= 4 is 35.2 Å². The van der Waals surface area contributed by atoms with Crippen molar-refractivity contribution in [1.29, 1.82) is 5.26 Å². The van der Waals surface area contributed by atoms with Crippen LogP contribution in [0.1, 0.15) is 36.9 Å². The van der Waals surface area contributed by atoms with Crippen LogP contribution in [0.25, 0.3) is 0 Å². The average Bonchev–Trinajstić information content (AvgIpc) is 3.04. The standard InChI is InChI=1S/C19H21FN5OPS/c1-14-17-18(25(23-14)13-5-10-21)22-19(15-6-8-16(20)9-7-15)26-27(17,28)24-11-3-2-4-12-24/h6-9H,2-5,11-13H2,1H3/t27-/m1/s1. The van der Waals surface area contributed by atoms with Crippen LogP contribution in [0.15, 0.2) is 29.3 Å². The van der Waals surface area contributed by atoms with E-state index in [-0.39, 0.29) is 5.82 Å². The maximum atomic E-state index is 13.4. The molecule has 2 aliphatic heterocycles. The van der Waals surface area contributed by atoms with Crippen molar-refractivity contribution in [3.05, 3.63) is 41.3 Å². The summed E-state index contributed by atoms with van der Waals surface area (Å²) in [6, 6.07) is 8.23. The Labute approximate surface area is 168 Å². The number of aromatic nitrogens is 2. The summed E-state index contributed by atoms with van der Waals surface area (Å²) < 4.78 is 23.8. The molecule has 3 heterocycles. The van der Waals surface area contributed by atoms with Gasteiger partial charge < -0.3 is 4.52 Å². The lowest BCUT2D eigenvalue weighted by atomic mass is 10.2. The van der Waals surface area contributed by atoms with Crippen molar-refractivity contribution in [2.24, 2.45) is 4.99 Å². The summed E-state index contributed by atoms with van der Waals surface area (Å²) >= 11 is 6.19. The molecule has 9 heteroatoms. The van der Waals surface area contributed by atoms with Gasteiger partial charge in [0.2, 0.25) is 12.3 Å². The fraction of sp³-hybridized carbons (Fsp3) is 0.421. The van der Waals surface area contributed by atoms with Crippen LogP contribution in [0.2, 0.25) is 0 Å². The van der Waals surface area contributed by atoms with Crippen molar-refractivity contribution in [1.82, 2.24) is 14.5 Å². The van der Waals surface area contributed by atoms with E-state index in [1.54, 1.807) is 16.8 Å². The lowest BCUT2D eigenvalue weighted by molar-refractivity contribution is 0.345. The Balaban J connectivity index is 1.85. The molecule has 28 heavy (non-hydrogen) atoms. The lowest BCUT2D eigenvalue weighted by Gasteiger charge is -2.38. The molecule has 0 N–H and O–H groups in total. The van der Waals surface area contributed by atoms with E-state index in [0.29, 0.717) is 30.2 Å². The number of nitriles is 1. The molecule has 146 valence electrons. The smallest absolute Gasteiger partial charge is 0.227 e. The highest BCUT2D eigenvalue weighted by Crippen LogP contribution is 2.56. The Bertz CT molecular complexity index is 1000. The Morgan fingerprint density at radius 3 is 2.64 bits per heavy atom. The van der Waals surface area contributed by atoms with Crippen LogP contribution < -0.4 is 5.30 Å². The third-order valence-electron chi connectivity index (χ3n) is 5.00. The second kappa shape index (κ2) is 7.75. The molecule has 2 aromatic rings. The Morgan fingerprint density at radius 1 is 1.25 bits per heavy atom. The highest BCUT2D eigenvalue weighted by atomic mass is 32.4. The predicted molar refractivity (Wildman–Crippen MR) is 110 cm³/mol. The van der Waals surface area contributed by atoms with E-state index in [1.807, 2.05) is 6.92 Å². The van der Waals surface area contributed by atoms with Crippen LogP contribution in [0.4, 0.5) is 10.2 Å². The van der Waals surface area contributed by atoms with Crippen molar-refractivity contribution in [2.75, 3.05) is 13.1 Å². The van der Waals surface area contributed by atoms with Crippen LogP contribution in [-0.4, -0.2) is 33.4 Å². The van der Waals surface area contributed by atoms with Gasteiger partial charge in [0.05, 0.1) is 24.7 Å². The van der Waals surface area contributed by atoms with Gasteiger partial charge in [-0.15, -0.1) is 0 Å². The molecule has 1 fully saturated rings. The number of benzene rings is 1. The van der Waals surface area contributed by atoms with Crippen molar-refractivity contribution in [3.63, 3.8) is 0 Å². The minimum Gasteiger partial charge on any atom is -0.431 e. The van der Waals surface area contributed by atoms with E-state index in [2.05, 4.69) is 15.8 Å². The molecule has 0 amide bonds. The summed E-state index contributed by atoms with van der Waals surface area (Å²) in [7, 11) is 0. The number of hydrogen-bond acceptors (Lipinski definition) is 5. The summed E-state index contributed by atoms with van der Waals surface area (Å²) in [5, 5.41) is 14.5. The monoisotopic (exact) mass is 417 g/mol. The van der Waals surface area contributed by atoms with E-state index in [4.69, 9.17) is 26.6 Å². The van der Waals surface area contributed by atoms with E-state index < -0.39 is 6.42 Å². The molecule has 2 aliphatic rings. The number of aliphatic imine (C=N–C) groups is 1. The van der Waals surface area contributed by atoms with E-state index in [1.165, 1.54) is 18.6 Å². The highest BCUT2D eigenvalue weighted by Gasteiger charge is 2.41. The first kappa shape index (κ1) is 19.3. The summed E-state index contributed by atoms with van der Waals surface area (Å²) in [4.78, 5) is 4.71. The van der Waals surface area contributed by atoms with Gasteiger partial charge in [0.15, 0.2) is 5.82 Å². The van der Waals surface area contributed by atoms with Gasteiger partial charge in [-0.25, -0.2) is 13.7 Å². The van der Waals surface area contributed by atoms with Crippen LogP contribution in [0, 0.1) is 24.1 Å². The van der Waals surface area contributed by atoms with Gasteiger partial charge >= 0.3 is 0 Å². The predicted octanol–water partition coefficient (Wildman–Crippen LogP) is 3.77. The summed E-state index contributed by atoms with van der Waals surface area (Å²) in [5.74, 6) is 0.762. The first-order chi connectivity index (χ1) is 13.5. The third-order valence-corrected chi connectivity index (χ3v) is 9.12. The number of fused-ring (bicyclic) bond motifs is 1. The second-order valence-corrected chi connectivity index (χ2v) is 10.7. The molecule has 0 saturated carbocycles. The molecular formula is C19H21FN5OPS. The van der Waals surface area contributed by atoms with Gasteiger partial charge in [0.1, 0.15) is 11.1 Å². The van der Waals surface area contributed by atoms with Gasteiger partial charge in [-0.3, -0.25) is 0 Å². The van der Waals surface area contributed by atoms with E-state index in [9.17, 15) is 4.39 Å². The van der Waals surface area contributed by atoms with E-state index >= 15 is 0 Å². The zero-order valence-electron chi connectivity index (χ0n) is 15.6. The molecule has 1 aromatic heterocycles. The Hall–Kier alpha value is -2.07. The molecule has 1 aromatic carbocycles. The summed E-state index contributed by atoms with van der Waals surface area (Å²) in [6.45, 7) is 4.14. The number of nitrogens with zero attached hydrogens (tertiary/aromatic N) is 5. The quantitative estimate of drug-likeness (QED) is 0.709. The summed E-state index contributed by atoms with van der Waals surface area (Å²) in [5.41, 5.74) is 1.49. The van der Waals surface area contributed by atoms with Crippen LogP contribution in [0.3, 0.4) is 0 Å². The molecule has 0 spiro atoms. The number of piperidine rings is 1. The van der Waals surface area contributed by atoms with E-state index in [0.717, 1.165) is 36.9 Å². The molecule has 1 saturated heterocycles. The second-order valence-electron chi connectivity index (χ2n) is 6.94. The van der Waals surface area contributed by atoms with Crippen molar-refractivity contribution in [3.8, 4) is 6.07 Å². The lowest BCUT2D eigenvalue weighted by Crippen LogP contribution is -2.35. The number of hydrogen-bond donors (Lipinski definition) is 0. The van der Waals surface area contributed by atoms with Crippen LogP contribution in [-0.2, 0) is 22.9 Å². The number of aryl methyl sites for hydroxylation is 2. The van der Waals surface area contributed by atoms with Gasteiger partial charge in [-0.2, -0.15) is 15.4 Å². The van der Waals surface area contributed by atoms with Crippen LogP contribution in [0.5, 0.6) is 0 Å². The molecular weight excluding hydrogens is 396 g/mol.